The Bertz CT molecular complexity index is 802. The summed E-state index contributed by atoms with van der Waals surface area (Å²) in [5.74, 6) is 0. The number of anilines is 1. The fraction of sp³-hybridized carbons (Fsp3) is 0.250. The summed E-state index contributed by atoms with van der Waals surface area (Å²) in [6, 6.07) is 12.5. The molecule has 0 saturated carbocycles. The number of nitrogens with zero attached hydrogens (tertiary/aromatic N) is 1. The van der Waals surface area contributed by atoms with Crippen molar-refractivity contribution >= 4 is 27.3 Å². The number of hydrogen-bond acceptors (Lipinski definition) is 2. The van der Waals surface area contributed by atoms with Gasteiger partial charge in [-0.1, -0.05) is 35.9 Å². The highest BCUT2D eigenvalue weighted by molar-refractivity contribution is 7.93. The highest BCUT2D eigenvalue weighted by Gasteiger charge is 2.36. The first-order valence-corrected chi connectivity index (χ1v) is 8.61. The maximum Gasteiger partial charge on any atom is 0.266 e. The third kappa shape index (κ3) is 2.32. The minimum Gasteiger partial charge on any atom is -0.263 e. The SMILES string of the molecule is Cc1ccc(S(=O)(=O)N2c3ccccc3CC2C)c(Cl)c1. The number of hydrogen-bond donors (Lipinski definition) is 0. The molecule has 21 heavy (non-hydrogen) atoms. The van der Waals surface area contributed by atoms with Crippen LogP contribution in [-0.4, -0.2) is 14.5 Å². The van der Waals surface area contributed by atoms with E-state index in [2.05, 4.69) is 0 Å². The van der Waals surface area contributed by atoms with Gasteiger partial charge in [0, 0.05) is 6.04 Å². The maximum atomic E-state index is 13.0. The molecule has 5 heteroatoms. The summed E-state index contributed by atoms with van der Waals surface area (Å²) in [6.45, 7) is 3.80. The highest BCUT2D eigenvalue weighted by atomic mass is 35.5. The largest absolute Gasteiger partial charge is 0.266 e. The van der Waals surface area contributed by atoms with Crippen molar-refractivity contribution in [1.29, 1.82) is 0 Å². The van der Waals surface area contributed by atoms with Crippen LogP contribution in [0.5, 0.6) is 0 Å². The quantitative estimate of drug-likeness (QED) is 0.844. The van der Waals surface area contributed by atoms with Crippen LogP contribution in [-0.2, 0) is 16.4 Å². The van der Waals surface area contributed by atoms with Crippen LogP contribution in [0.4, 0.5) is 5.69 Å². The van der Waals surface area contributed by atoms with Crippen molar-refractivity contribution in [3.63, 3.8) is 0 Å². The Morgan fingerprint density at radius 3 is 2.62 bits per heavy atom. The molecule has 0 amide bonds. The molecule has 0 bridgehead atoms. The van der Waals surface area contributed by atoms with Crippen molar-refractivity contribution in [3.8, 4) is 0 Å². The third-order valence-corrected chi connectivity index (χ3v) is 6.18. The molecule has 1 atom stereocenters. The predicted octanol–water partition coefficient (Wildman–Crippen LogP) is 3.79. The number of benzene rings is 2. The topological polar surface area (TPSA) is 37.4 Å². The second kappa shape index (κ2) is 5.04. The fourth-order valence-corrected chi connectivity index (χ4v) is 5.09. The number of fused-ring (bicyclic) bond motifs is 1. The third-order valence-electron chi connectivity index (χ3n) is 3.77. The van der Waals surface area contributed by atoms with Crippen molar-refractivity contribution in [2.45, 2.75) is 31.2 Å². The van der Waals surface area contributed by atoms with Crippen molar-refractivity contribution in [1.82, 2.24) is 0 Å². The molecule has 3 nitrogen and oxygen atoms in total. The number of aryl methyl sites for hydroxylation is 1. The van der Waals surface area contributed by atoms with Gasteiger partial charge in [-0.05, 0) is 49.6 Å². The maximum absolute atomic E-state index is 13.0. The van der Waals surface area contributed by atoms with Crippen LogP contribution in [0.2, 0.25) is 5.02 Å². The molecule has 1 aliphatic rings. The predicted molar refractivity (Wildman–Crippen MR) is 85.5 cm³/mol. The first-order valence-electron chi connectivity index (χ1n) is 6.80. The van der Waals surface area contributed by atoms with E-state index < -0.39 is 10.0 Å². The van der Waals surface area contributed by atoms with E-state index in [1.807, 2.05) is 38.1 Å². The normalized spacial score (nSPS) is 17.9. The second-order valence-corrected chi connectivity index (χ2v) is 7.61. The van der Waals surface area contributed by atoms with Gasteiger partial charge in [0.25, 0.3) is 10.0 Å². The molecule has 1 unspecified atom stereocenters. The second-order valence-electron chi connectivity index (χ2n) is 5.42. The Labute approximate surface area is 130 Å². The van der Waals surface area contributed by atoms with E-state index in [9.17, 15) is 8.42 Å². The number of halogens is 1. The molecule has 110 valence electrons. The number of para-hydroxylation sites is 1. The lowest BCUT2D eigenvalue weighted by Crippen LogP contribution is -2.35. The molecule has 2 aromatic rings. The van der Waals surface area contributed by atoms with Gasteiger partial charge in [0.05, 0.1) is 10.7 Å². The van der Waals surface area contributed by atoms with Crippen molar-refractivity contribution < 1.29 is 8.42 Å². The zero-order valence-electron chi connectivity index (χ0n) is 11.9. The summed E-state index contributed by atoms with van der Waals surface area (Å²) < 4.78 is 27.4. The zero-order valence-corrected chi connectivity index (χ0v) is 13.4. The van der Waals surface area contributed by atoms with E-state index in [-0.39, 0.29) is 16.0 Å². The molecule has 3 rings (SSSR count). The lowest BCUT2D eigenvalue weighted by molar-refractivity contribution is 0.584. The fourth-order valence-electron chi connectivity index (χ4n) is 2.82. The Balaban J connectivity index is 2.15. The molecule has 0 aliphatic carbocycles. The molecule has 0 radical (unpaired) electrons. The van der Waals surface area contributed by atoms with Crippen LogP contribution >= 0.6 is 11.6 Å². The standard InChI is InChI=1S/C16H16ClNO2S/c1-11-7-8-16(14(17)9-11)21(19,20)18-12(2)10-13-5-3-4-6-15(13)18/h3-9,12H,10H2,1-2H3. The van der Waals surface area contributed by atoms with E-state index in [1.165, 1.54) is 4.31 Å². The van der Waals surface area contributed by atoms with Gasteiger partial charge in [-0.25, -0.2) is 8.42 Å². The van der Waals surface area contributed by atoms with Gasteiger partial charge < -0.3 is 0 Å². The average Bonchev–Trinajstić information content (AvgIpc) is 2.74. The summed E-state index contributed by atoms with van der Waals surface area (Å²) >= 11 is 6.16. The lowest BCUT2D eigenvalue weighted by atomic mass is 10.1. The Morgan fingerprint density at radius 2 is 1.90 bits per heavy atom. The summed E-state index contributed by atoms with van der Waals surface area (Å²) in [7, 11) is -3.65. The van der Waals surface area contributed by atoms with E-state index in [0.29, 0.717) is 0 Å². The van der Waals surface area contributed by atoms with E-state index in [1.54, 1.807) is 18.2 Å². The molecular weight excluding hydrogens is 306 g/mol. The molecule has 0 fully saturated rings. The number of sulfonamides is 1. The zero-order chi connectivity index (χ0) is 15.2. The van der Waals surface area contributed by atoms with Crippen molar-refractivity contribution in [2.75, 3.05) is 4.31 Å². The molecular formula is C16H16ClNO2S. The van der Waals surface area contributed by atoms with Crippen molar-refractivity contribution in [2.24, 2.45) is 0 Å². The van der Waals surface area contributed by atoms with Gasteiger partial charge >= 0.3 is 0 Å². The molecule has 0 spiro atoms. The molecule has 1 aliphatic heterocycles. The van der Waals surface area contributed by atoms with Gasteiger partial charge in [-0.2, -0.15) is 0 Å². The Hall–Kier alpha value is -1.52. The van der Waals surface area contributed by atoms with E-state index in [0.717, 1.165) is 23.2 Å². The van der Waals surface area contributed by atoms with Crippen LogP contribution in [0.25, 0.3) is 0 Å². The van der Waals surface area contributed by atoms with Crippen LogP contribution in [0.15, 0.2) is 47.4 Å². The van der Waals surface area contributed by atoms with E-state index >= 15 is 0 Å². The van der Waals surface area contributed by atoms with E-state index in [4.69, 9.17) is 11.6 Å². The van der Waals surface area contributed by atoms with Gasteiger partial charge in [0.1, 0.15) is 4.90 Å². The summed E-state index contributed by atoms with van der Waals surface area (Å²) in [6.07, 6.45) is 0.721. The average molecular weight is 322 g/mol. The molecule has 2 aromatic carbocycles. The minimum atomic E-state index is -3.65. The monoisotopic (exact) mass is 321 g/mol. The highest BCUT2D eigenvalue weighted by Crippen LogP contribution is 2.38. The van der Waals surface area contributed by atoms with Gasteiger partial charge in [-0.15, -0.1) is 0 Å². The first kappa shape index (κ1) is 14.4. The Kier molecular flexibility index (Phi) is 3.46. The van der Waals surface area contributed by atoms with Crippen LogP contribution in [0.3, 0.4) is 0 Å². The summed E-state index contributed by atoms with van der Waals surface area (Å²) in [5, 5.41) is 0.270. The van der Waals surface area contributed by atoms with Crippen molar-refractivity contribution in [3.05, 3.63) is 58.6 Å². The molecule has 0 aromatic heterocycles. The Morgan fingerprint density at radius 1 is 1.19 bits per heavy atom. The number of rotatable bonds is 2. The first-order chi connectivity index (χ1) is 9.91. The van der Waals surface area contributed by atoms with Crippen LogP contribution in [0, 0.1) is 6.92 Å². The summed E-state index contributed by atoms with van der Waals surface area (Å²) in [5.41, 5.74) is 2.74. The molecule has 0 saturated heterocycles. The smallest absolute Gasteiger partial charge is 0.263 e. The van der Waals surface area contributed by atoms with Gasteiger partial charge in [0.15, 0.2) is 0 Å². The molecule has 0 N–H and O–H groups in total. The van der Waals surface area contributed by atoms with Gasteiger partial charge in [0.2, 0.25) is 0 Å². The lowest BCUT2D eigenvalue weighted by Gasteiger charge is -2.25. The molecule has 1 heterocycles. The minimum absolute atomic E-state index is 0.107. The van der Waals surface area contributed by atoms with Crippen LogP contribution < -0.4 is 4.31 Å². The summed E-state index contributed by atoms with van der Waals surface area (Å²) in [4.78, 5) is 0.165. The van der Waals surface area contributed by atoms with Gasteiger partial charge in [-0.3, -0.25) is 4.31 Å². The van der Waals surface area contributed by atoms with Crippen LogP contribution in [0.1, 0.15) is 18.1 Å².